The Morgan fingerprint density at radius 1 is 0.803 bits per heavy atom. The summed E-state index contributed by atoms with van der Waals surface area (Å²) in [6.45, 7) is 6.44. The number of ketones is 1. The predicted octanol–water partition coefficient (Wildman–Crippen LogP) is 2.42. The minimum atomic E-state index is -1.63. The molecule has 24 nitrogen and oxygen atoms in total. The molecule has 0 radical (unpaired) electrons. The zero-order valence-corrected chi connectivity index (χ0v) is 39.4. The molecule has 9 N–H and O–H groups in total. The van der Waals surface area contributed by atoms with E-state index in [0.717, 1.165) is 5.56 Å². The van der Waals surface area contributed by atoms with Gasteiger partial charge in [-0.15, -0.1) is 0 Å². The molecule has 2 aliphatic heterocycles. The van der Waals surface area contributed by atoms with Gasteiger partial charge in [-0.3, -0.25) is 34.1 Å². The van der Waals surface area contributed by atoms with Gasteiger partial charge in [0, 0.05) is 44.5 Å². The zero-order chi connectivity index (χ0) is 51.8. The summed E-state index contributed by atoms with van der Waals surface area (Å²) in [4.78, 5) is 114. The molecule has 0 spiro atoms. The van der Waals surface area contributed by atoms with Crippen molar-refractivity contribution in [1.82, 2.24) is 26.6 Å². The van der Waals surface area contributed by atoms with Crippen molar-refractivity contribution in [2.75, 3.05) is 6.54 Å². The number of nitrogens with two attached hydrogens (primary N) is 2. The van der Waals surface area contributed by atoms with E-state index in [9.17, 15) is 48.5 Å². The number of hydrogen-bond donors (Lipinski definition) is 7. The molecule has 0 aromatic heterocycles. The smallest absolute Gasteiger partial charge is 0.436 e. The van der Waals surface area contributed by atoms with Crippen molar-refractivity contribution in [2.45, 2.75) is 121 Å². The first-order valence-electron chi connectivity index (χ1n) is 22.6. The van der Waals surface area contributed by atoms with Crippen molar-refractivity contribution in [1.29, 1.82) is 0 Å². The van der Waals surface area contributed by atoms with E-state index in [1.807, 2.05) is 0 Å². The number of carbonyl (C=O) groups is 8. The van der Waals surface area contributed by atoms with Gasteiger partial charge < -0.3 is 66.5 Å². The number of alkyl carbamates (subject to hydrolysis) is 1. The first kappa shape index (κ1) is 54.2. The van der Waals surface area contributed by atoms with Gasteiger partial charge in [-0.2, -0.15) is 0 Å². The van der Waals surface area contributed by atoms with Gasteiger partial charge in [-0.05, 0) is 61.4 Å². The lowest BCUT2D eigenvalue weighted by molar-refractivity contribution is -0.384. The Balaban J connectivity index is 1.22. The number of nitro groups is 1. The highest BCUT2D eigenvalue weighted by Gasteiger charge is 2.57. The lowest BCUT2D eigenvalue weighted by atomic mass is 9.97. The average Bonchev–Trinajstić information content (AvgIpc) is 3.81. The molecule has 0 aliphatic carbocycles. The van der Waals surface area contributed by atoms with Gasteiger partial charge in [0.1, 0.15) is 30.6 Å². The minimum absolute atomic E-state index is 0.0378. The van der Waals surface area contributed by atoms with Crippen LogP contribution in [-0.2, 0) is 67.2 Å². The number of fused-ring (bicyclic) bond motifs is 1. The Bertz CT molecular complexity index is 2390. The highest BCUT2D eigenvalue weighted by molar-refractivity contribution is 5.94. The van der Waals surface area contributed by atoms with Crippen LogP contribution in [0.5, 0.6) is 5.75 Å². The Morgan fingerprint density at radius 2 is 1.46 bits per heavy atom. The number of primary amides is 2. The number of ether oxygens (including phenoxy) is 6. The molecule has 2 fully saturated rings. The number of rotatable bonds is 24. The third kappa shape index (κ3) is 16.7. The lowest BCUT2D eigenvalue weighted by Crippen LogP contribution is -2.56. The zero-order valence-electron chi connectivity index (χ0n) is 39.4. The third-order valence-corrected chi connectivity index (χ3v) is 11.0. The standard InChI is InChI=1S/C47H58N8O16/c1-26(2)36(42(60)52-32(11-8-22-50-44(49)61)33(56)23-27-12-14-29(15-13-27)25-66-46(63)67-31-18-16-30(17-19-31)55(64)65)54-41(59)34(68-45(62)51-24-28-9-6-5-7-10-28)20-21-35(57)53-43-39-37(38(69-43)40(48)58)70-47(3,4)71-39/h5-7,9-10,12-19,26,32,34,36-39,43H,8,11,20-25H2,1-4H3,(H2,48,58)(H,51,62)(H,52,60)(H,53,57)(H,54,59)(H3,49,50,61)/t32-,34-,36-,37+,38-,39+,43-/m0/s1. The summed E-state index contributed by atoms with van der Waals surface area (Å²) in [5.74, 6) is -5.28. The molecule has 7 atom stereocenters. The highest BCUT2D eigenvalue weighted by Crippen LogP contribution is 2.38. The molecule has 2 saturated heterocycles. The van der Waals surface area contributed by atoms with E-state index in [-0.39, 0.29) is 56.8 Å². The van der Waals surface area contributed by atoms with E-state index < -0.39 is 113 Å². The Morgan fingerprint density at radius 3 is 2.10 bits per heavy atom. The molecule has 3 aromatic carbocycles. The van der Waals surface area contributed by atoms with Crippen LogP contribution in [-0.4, -0.2) is 108 Å². The molecule has 7 amide bonds. The van der Waals surface area contributed by atoms with Crippen molar-refractivity contribution in [3.63, 3.8) is 0 Å². The second kappa shape index (κ2) is 25.2. The van der Waals surface area contributed by atoms with Crippen LogP contribution in [0.1, 0.15) is 70.1 Å². The lowest BCUT2D eigenvalue weighted by Gasteiger charge is -2.27. The molecule has 0 bridgehead atoms. The number of hydrogen-bond acceptors (Lipinski definition) is 16. The fourth-order valence-electron chi connectivity index (χ4n) is 7.48. The predicted molar refractivity (Wildman–Crippen MR) is 247 cm³/mol. The second-order valence-electron chi connectivity index (χ2n) is 17.4. The summed E-state index contributed by atoms with van der Waals surface area (Å²) in [5, 5.41) is 23.8. The number of urea groups is 1. The summed E-state index contributed by atoms with van der Waals surface area (Å²) in [5.41, 5.74) is 12.3. The monoisotopic (exact) mass is 990 g/mol. The topological polar surface area (TPSA) is 347 Å². The molecule has 5 rings (SSSR count). The van der Waals surface area contributed by atoms with Crippen molar-refractivity contribution in [3.8, 4) is 5.75 Å². The fraction of sp³-hybridized carbons (Fsp3) is 0.447. The van der Waals surface area contributed by atoms with Crippen molar-refractivity contribution >= 4 is 53.4 Å². The molecule has 3 aromatic rings. The van der Waals surface area contributed by atoms with Crippen LogP contribution in [0.15, 0.2) is 78.9 Å². The molecule has 0 unspecified atom stereocenters. The quantitative estimate of drug-likeness (QED) is 0.0223. The Hall–Kier alpha value is -7.70. The van der Waals surface area contributed by atoms with Gasteiger partial charge in [-0.1, -0.05) is 68.4 Å². The van der Waals surface area contributed by atoms with Crippen molar-refractivity contribution in [3.05, 3.63) is 106 Å². The largest absolute Gasteiger partial charge is 0.514 e. The summed E-state index contributed by atoms with van der Waals surface area (Å²) >= 11 is 0. The average molecular weight is 991 g/mol. The molecular weight excluding hydrogens is 933 g/mol. The van der Waals surface area contributed by atoms with Gasteiger partial charge in [0.25, 0.3) is 11.6 Å². The van der Waals surface area contributed by atoms with E-state index in [0.29, 0.717) is 11.1 Å². The van der Waals surface area contributed by atoms with Gasteiger partial charge in [0.2, 0.25) is 17.7 Å². The number of nitro benzene ring substituents is 1. The van der Waals surface area contributed by atoms with Crippen LogP contribution < -0.4 is 42.8 Å². The van der Waals surface area contributed by atoms with Gasteiger partial charge >= 0.3 is 18.3 Å². The third-order valence-electron chi connectivity index (χ3n) is 11.0. The van der Waals surface area contributed by atoms with E-state index in [1.165, 1.54) is 24.3 Å². The van der Waals surface area contributed by atoms with Crippen molar-refractivity contribution in [2.24, 2.45) is 17.4 Å². The van der Waals surface area contributed by atoms with Gasteiger partial charge in [0.05, 0.1) is 11.0 Å². The SMILES string of the molecule is CC(C)[C@H](NC(=O)[C@H](CCC(=O)N[C@H]1O[C@H](C(N)=O)[C@H]2OC(C)(C)O[C@H]21)OC(=O)NCc1ccccc1)C(=O)N[C@@H](CCCNC(N)=O)C(=O)Cc1ccc(COC(=O)Oc2ccc([N+](=O)[O-])cc2)cc1. The first-order valence-corrected chi connectivity index (χ1v) is 22.6. The van der Waals surface area contributed by atoms with E-state index in [1.54, 1.807) is 82.3 Å². The molecule has 0 saturated carbocycles. The summed E-state index contributed by atoms with van der Waals surface area (Å²) in [7, 11) is 0. The Kier molecular flexibility index (Phi) is 19.3. The number of non-ortho nitro benzene ring substituents is 1. The Labute approximate surface area is 407 Å². The summed E-state index contributed by atoms with van der Waals surface area (Å²) in [6, 6.07) is 16.9. The fourth-order valence-corrected chi connectivity index (χ4v) is 7.48. The normalized spacial score (nSPS) is 18.9. The van der Waals surface area contributed by atoms with Crippen LogP contribution in [0, 0.1) is 16.0 Å². The highest BCUT2D eigenvalue weighted by atomic mass is 16.8. The van der Waals surface area contributed by atoms with E-state index >= 15 is 0 Å². The first-order chi connectivity index (χ1) is 33.7. The number of Topliss-reactive ketones (excluding diaryl/α,β-unsaturated/α-hetero) is 1. The van der Waals surface area contributed by atoms with Crippen LogP contribution in [0.2, 0.25) is 0 Å². The number of benzene rings is 3. The van der Waals surface area contributed by atoms with Crippen LogP contribution in [0.4, 0.5) is 20.1 Å². The summed E-state index contributed by atoms with van der Waals surface area (Å²) in [6.07, 6.45) is -8.53. The van der Waals surface area contributed by atoms with Crippen LogP contribution in [0.3, 0.4) is 0 Å². The van der Waals surface area contributed by atoms with Crippen LogP contribution in [0.25, 0.3) is 0 Å². The van der Waals surface area contributed by atoms with E-state index in [2.05, 4.69) is 26.6 Å². The maximum Gasteiger partial charge on any atom is 0.514 e. The molecule has 2 aliphatic rings. The van der Waals surface area contributed by atoms with Crippen LogP contribution >= 0.6 is 0 Å². The second-order valence-corrected chi connectivity index (χ2v) is 17.4. The maximum atomic E-state index is 14.0. The van der Waals surface area contributed by atoms with Crippen molar-refractivity contribution < 1.29 is 71.7 Å². The molecule has 24 heteroatoms. The number of nitrogens with zero attached hydrogens (tertiary/aromatic N) is 1. The number of amides is 7. The number of carbonyl (C=O) groups excluding carboxylic acids is 8. The minimum Gasteiger partial charge on any atom is -0.436 e. The number of nitrogens with one attached hydrogen (secondary N) is 5. The molecule has 71 heavy (non-hydrogen) atoms. The molecular formula is C47H58N8O16. The van der Waals surface area contributed by atoms with Gasteiger partial charge in [0.15, 0.2) is 30.0 Å². The molecule has 382 valence electrons. The summed E-state index contributed by atoms with van der Waals surface area (Å²) < 4.78 is 33.0. The van der Waals surface area contributed by atoms with Gasteiger partial charge in [-0.25, -0.2) is 14.4 Å². The maximum absolute atomic E-state index is 14.0. The molecule has 2 heterocycles. The van der Waals surface area contributed by atoms with E-state index in [4.69, 9.17) is 39.9 Å².